The molecule has 1 amide bonds. The summed E-state index contributed by atoms with van der Waals surface area (Å²) in [5.41, 5.74) is 0.117. The quantitative estimate of drug-likeness (QED) is 0.499. The zero-order chi connectivity index (χ0) is 14.1. The minimum Gasteiger partial charge on any atom is -0.504 e. The van der Waals surface area contributed by atoms with Crippen LogP contribution < -0.4 is 5.32 Å². The molecule has 0 saturated heterocycles. The minimum atomic E-state index is -0.358. The van der Waals surface area contributed by atoms with Gasteiger partial charge in [0.2, 0.25) is 0 Å². The summed E-state index contributed by atoms with van der Waals surface area (Å²) in [4.78, 5) is 11.8. The van der Waals surface area contributed by atoms with E-state index in [9.17, 15) is 15.0 Å². The van der Waals surface area contributed by atoms with Gasteiger partial charge in [-0.2, -0.15) is 0 Å². The van der Waals surface area contributed by atoms with Gasteiger partial charge >= 0.3 is 0 Å². The first-order chi connectivity index (χ1) is 9.16. The van der Waals surface area contributed by atoms with Gasteiger partial charge in [0.1, 0.15) is 0 Å². The lowest BCUT2D eigenvalue weighted by Gasteiger charge is -2.07. The molecule has 0 bridgehead atoms. The predicted octanol–water partition coefficient (Wildman–Crippen LogP) is 3.19. The van der Waals surface area contributed by atoms with Crippen molar-refractivity contribution in [3.63, 3.8) is 0 Å². The van der Waals surface area contributed by atoms with Crippen LogP contribution in [0, 0.1) is 0 Å². The van der Waals surface area contributed by atoms with Gasteiger partial charge < -0.3 is 15.5 Å². The third kappa shape index (κ3) is 5.20. The molecule has 0 spiro atoms. The highest BCUT2D eigenvalue weighted by Crippen LogP contribution is 2.27. The summed E-state index contributed by atoms with van der Waals surface area (Å²) < 4.78 is 0. The standard InChI is InChI=1S/C15H23NO3/c1-2-3-4-5-6-7-11-16-15(19)12-9-8-10-13(17)14(12)18/h8-10,17-18H,2-7,11H2,1H3,(H,16,19). The first-order valence-corrected chi connectivity index (χ1v) is 6.96. The second-order valence-corrected chi connectivity index (χ2v) is 4.70. The maximum absolute atomic E-state index is 11.8. The summed E-state index contributed by atoms with van der Waals surface area (Å²) in [6.07, 6.45) is 6.98. The summed E-state index contributed by atoms with van der Waals surface area (Å²) in [7, 11) is 0. The summed E-state index contributed by atoms with van der Waals surface area (Å²) in [5.74, 6) is -0.975. The van der Waals surface area contributed by atoms with E-state index in [2.05, 4.69) is 12.2 Å². The van der Waals surface area contributed by atoms with E-state index in [1.54, 1.807) is 0 Å². The van der Waals surface area contributed by atoms with Crippen molar-refractivity contribution in [3.8, 4) is 11.5 Å². The number of hydrogen-bond donors (Lipinski definition) is 3. The molecular weight excluding hydrogens is 242 g/mol. The first kappa shape index (κ1) is 15.3. The SMILES string of the molecule is CCCCCCCCNC(=O)c1cccc(O)c1O. The average Bonchev–Trinajstić information content (AvgIpc) is 2.40. The van der Waals surface area contributed by atoms with Crippen molar-refractivity contribution in [3.05, 3.63) is 23.8 Å². The summed E-state index contributed by atoms with van der Waals surface area (Å²) in [5, 5.41) is 21.6. The molecule has 0 aromatic heterocycles. The van der Waals surface area contributed by atoms with Crippen LogP contribution in [0.3, 0.4) is 0 Å². The normalized spacial score (nSPS) is 10.4. The van der Waals surface area contributed by atoms with Crippen LogP contribution in [0.15, 0.2) is 18.2 Å². The van der Waals surface area contributed by atoms with Gasteiger partial charge in [-0.1, -0.05) is 45.1 Å². The third-order valence-electron chi connectivity index (χ3n) is 3.08. The molecule has 1 rings (SSSR count). The molecule has 0 unspecified atom stereocenters. The molecule has 4 heteroatoms. The number of carbonyl (C=O) groups is 1. The van der Waals surface area contributed by atoms with Crippen molar-refractivity contribution in [2.75, 3.05) is 6.54 Å². The molecule has 0 aliphatic heterocycles. The second-order valence-electron chi connectivity index (χ2n) is 4.70. The van der Waals surface area contributed by atoms with Crippen molar-refractivity contribution in [2.24, 2.45) is 0 Å². The zero-order valence-corrected chi connectivity index (χ0v) is 11.5. The zero-order valence-electron chi connectivity index (χ0n) is 11.5. The Bertz CT molecular complexity index is 404. The molecule has 4 nitrogen and oxygen atoms in total. The van der Waals surface area contributed by atoms with Crippen LogP contribution in [-0.4, -0.2) is 22.7 Å². The number of aromatic hydroxyl groups is 2. The largest absolute Gasteiger partial charge is 0.504 e. The maximum Gasteiger partial charge on any atom is 0.255 e. The molecular formula is C15H23NO3. The molecule has 0 fully saturated rings. The Morgan fingerprint density at radius 2 is 1.79 bits per heavy atom. The number of hydrogen-bond acceptors (Lipinski definition) is 3. The molecule has 0 atom stereocenters. The highest BCUT2D eigenvalue weighted by Gasteiger charge is 2.12. The van der Waals surface area contributed by atoms with Crippen molar-refractivity contribution in [2.45, 2.75) is 45.4 Å². The Balaban J connectivity index is 2.26. The number of nitrogens with one attached hydrogen (secondary N) is 1. The molecule has 0 aliphatic rings. The third-order valence-corrected chi connectivity index (χ3v) is 3.08. The van der Waals surface area contributed by atoms with E-state index in [-0.39, 0.29) is 23.0 Å². The van der Waals surface area contributed by atoms with E-state index in [1.165, 1.54) is 43.9 Å². The van der Waals surface area contributed by atoms with Crippen LogP contribution in [-0.2, 0) is 0 Å². The lowest BCUT2D eigenvalue weighted by Crippen LogP contribution is -2.24. The monoisotopic (exact) mass is 265 g/mol. The van der Waals surface area contributed by atoms with Gasteiger partial charge in [0.25, 0.3) is 5.91 Å². The lowest BCUT2D eigenvalue weighted by atomic mass is 10.1. The van der Waals surface area contributed by atoms with Gasteiger partial charge in [-0.15, -0.1) is 0 Å². The van der Waals surface area contributed by atoms with Gasteiger partial charge in [-0.05, 0) is 18.6 Å². The predicted molar refractivity (Wildman–Crippen MR) is 75.5 cm³/mol. The Kier molecular flexibility index (Phi) is 6.79. The molecule has 0 saturated carbocycles. The highest BCUT2D eigenvalue weighted by molar-refractivity contribution is 5.97. The molecule has 0 heterocycles. The number of para-hydroxylation sites is 1. The molecule has 1 aromatic rings. The van der Waals surface area contributed by atoms with E-state index in [0.717, 1.165) is 12.8 Å². The highest BCUT2D eigenvalue weighted by atomic mass is 16.3. The minimum absolute atomic E-state index is 0.117. The van der Waals surface area contributed by atoms with E-state index in [1.807, 2.05) is 0 Å². The van der Waals surface area contributed by atoms with Crippen LogP contribution in [0.4, 0.5) is 0 Å². The molecule has 1 aromatic carbocycles. The van der Waals surface area contributed by atoms with Gasteiger partial charge in [0, 0.05) is 6.54 Å². The molecule has 0 aliphatic carbocycles. The summed E-state index contributed by atoms with van der Waals surface area (Å²) in [6.45, 7) is 2.78. The van der Waals surface area contributed by atoms with Gasteiger partial charge in [0.15, 0.2) is 11.5 Å². The van der Waals surface area contributed by atoms with Gasteiger partial charge in [0.05, 0.1) is 5.56 Å². The van der Waals surface area contributed by atoms with Crippen LogP contribution in [0.25, 0.3) is 0 Å². The number of unbranched alkanes of at least 4 members (excludes halogenated alkanes) is 5. The summed E-state index contributed by atoms with van der Waals surface area (Å²) in [6, 6.07) is 4.38. The Morgan fingerprint density at radius 1 is 1.11 bits per heavy atom. The number of phenols is 2. The fourth-order valence-electron chi connectivity index (χ4n) is 1.92. The Labute approximate surface area is 114 Å². The number of rotatable bonds is 8. The number of phenolic OH excluding ortho intramolecular Hbond substituents is 2. The van der Waals surface area contributed by atoms with Crippen LogP contribution in [0.1, 0.15) is 55.8 Å². The van der Waals surface area contributed by atoms with Gasteiger partial charge in [-0.25, -0.2) is 0 Å². The lowest BCUT2D eigenvalue weighted by molar-refractivity contribution is 0.0949. The first-order valence-electron chi connectivity index (χ1n) is 6.96. The van der Waals surface area contributed by atoms with Crippen molar-refractivity contribution in [1.82, 2.24) is 5.32 Å². The number of carbonyl (C=O) groups excluding carboxylic acids is 1. The molecule has 19 heavy (non-hydrogen) atoms. The fourth-order valence-corrected chi connectivity index (χ4v) is 1.92. The van der Waals surface area contributed by atoms with Crippen molar-refractivity contribution < 1.29 is 15.0 Å². The van der Waals surface area contributed by atoms with E-state index in [0.29, 0.717) is 6.54 Å². The van der Waals surface area contributed by atoms with Crippen LogP contribution in [0.5, 0.6) is 11.5 Å². The molecule has 106 valence electrons. The van der Waals surface area contributed by atoms with Crippen LogP contribution >= 0.6 is 0 Å². The number of amides is 1. The van der Waals surface area contributed by atoms with Crippen LogP contribution in [0.2, 0.25) is 0 Å². The maximum atomic E-state index is 11.8. The van der Waals surface area contributed by atoms with Gasteiger partial charge in [-0.3, -0.25) is 4.79 Å². The fraction of sp³-hybridized carbons (Fsp3) is 0.533. The van der Waals surface area contributed by atoms with E-state index < -0.39 is 0 Å². The Hall–Kier alpha value is -1.71. The topological polar surface area (TPSA) is 69.6 Å². The van der Waals surface area contributed by atoms with Crippen molar-refractivity contribution >= 4 is 5.91 Å². The van der Waals surface area contributed by atoms with Crippen molar-refractivity contribution in [1.29, 1.82) is 0 Å². The van der Waals surface area contributed by atoms with E-state index >= 15 is 0 Å². The second kappa shape index (κ2) is 8.40. The Morgan fingerprint density at radius 3 is 2.53 bits per heavy atom. The average molecular weight is 265 g/mol. The summed E-state index contributed by atoms with van der Waals surface area (Å²) >= 11 is 0. The molecule has 3 N–H and O–H groups in total. The van der Waals surface area contributed by atoms with E-state index in [4.69, 9.17) is 0 Å². The molecule has 0 radical (unpaired) electrons. The smallest absolute Gasteiger partial charge is 0.255 e. The number of benzene rings is 1.